The molecule has 0 atom stereocenters. The second kappa shape index (κ2) is 13.6. The van der Waals surface area contributed by atoms with Crippen molar-refractivity contribution in [2.45, 2.75) is 105 Å². The van der Waals surface area contributed by atoms with E-state index in [0.717, 1.165) is 43.6 Å². The van der Waals surface area contributed by atoms with Crippen LogP contribution in [0.5, 0.6) is 0 Å². The van der Waals surface area contributed by atoms with Gasteiger partial charge in [0.2, 0.25) is 0 Å². The first-order valence-corrected chi connectivity index (χ1v) is 20.6. The maximum atomic E-state index is 5.61. The number of aromatic nitrogens is 10. The van der Waals surface area contributed by atoms with Crippen LogP contribution >= 0.6 is 0 Å². The molecule has 0 amide bonds. The van der Waals surface area contributed by atoms with E-state index in [1.807, 2.05) is 0 Å². The first-order valence-electron chi connectivity index (χ1n) is 20.6. The van der Waals surface area contributed by atoms with Crippen LogP contribution in [0.3, 0.4) is 0 Å². The van der Waals surface area contributed by atoms with E-state index in [1.165, 1.54) is 47.6 Å². The molecule has 0 N–H and O–H groups in total. The van der Waals surface area contributed by atoms with E-state index < -0.39 is 0 Å². The Labute approximate surface area is 351 Å². The van der Waals surface area contributed by atoms with Crippen LogP contribution < -0.4 is 0 Å². The molecule has 9 aromatic rings. The number of rotatable bonds is 4. The molecule has 5 aromatic heterocycles. The summed E-state index contributed by atoms with van der Waals surface area (Å²) in [7, 11) is 0. The molecule has 10 nitrogen and oxygen atoms in total. The zero-order valence-electron chi connectivity index (χ0n) is 36.7. The molecular weight excluding hydrogens is 741 g/mol. The number of benzene rings is 4. The summed E-state index contributed by atoms with van der Waals surface area (Å²) >= 11 is 0. The van der Waals surface area contributed by atoms with Crippen molar-refractivity contribution in [2.75, 3.05) is 0 Å². The summed E-state index contributed by atoms with van der Waals surface area (Å²) in [6, 6.07) is 27.0. The lowest BCUT2D eigenvalue weighted by molar-refractivity contribution is 0.590. The van der Waals surface area contributed by atoms with Gasteiger partial charge >= 0.3 is 0 Å². The predicted octanol–water partition coefficient (Wildman–Crippen LogP) is 11.6. The zero-order valence-corrected chi connectivity index (χ0v) is 36.7. The van der Waals surface area contributed by atoms with Crippen LogP contribution in [0.2, 0.25) is 0 Å². The summed E-state index contributed by atoms with van der Waals surface area (Å²) in [5.74, 6) is 1.90. The molecule has 0 saturated carbocycles. The SMILES string of the molecule is CC(C)(C)c1ccc2c(c1)c1cc(C(C)(C)C)ccc1n2-c1nc(-c2ncncn2)c(-n2c3ccc(C(C)(C)C)cc3c3cc(C(C)(C)C)ccc32)nc1-c1ncncn1. The van der Waals surface area contributed by atoms with Gasteiger partial charge in [-0.25, -0.2) is 39.9 Å². The van der Waals surface area contributed by atoms with Gasteiger partial charge in [0.1, 0.15) is 25.3 Å². The fraction of sp³-hybridized carbons (Fsp3) is 0.320. The number of hydrogen-bond acceptors (Lipinski definition) is 8. The van der Waals surface area contributed by atoms with Crippen LogP contribution in [-0.2, 0) is 21.7 Å². The first kappa shape index (κ1) is 39.1. The van der Waals surface area contributed by atoms with Crippen molar-refractivity contribution >= 4 is 43.6 Å². The Hall–Kier alpha value is -6.42. The molecule has 4 aromatic carbocycles. The van der Waals surface area contributed by atoms with Gasteiger partial charge < -0.3 is 0 Å². The molecule has 0 saturated heterocycles. The molecule has 9 rings (SSSR count). The van der Waals surface area contributed by atoms with E-state index in [2.05, 4.69) is 175 Å². The third-order valence-corrected chi connectivity index (χ3v) is 11.7. The molecule has 5 heterocycles. The smallest absolute Gasteiger partial charge is 0.185 e. The average Bonchev–Trinajstić information content (AvgIpc) is 3.71. The van der Waals surface area contributed by atoms with Gasteiger partial charge in [-0.05, 0) is 92.4 Å². The summed E-state index contributed by atoms with van der Waals surface area (Å²) in [6.45, 7) is 27.0. The fourth-order valence-electron chi connectivity index (χ4n) is 8.12. The third kappa shape index (κ3) is 6.58. The van der Waals surface area contributed by atoms with E-state index in [0.29, 0.717) is 34.7 Å². The topological polar surface area (TPSA) is 113 Å². The van der Waals surface area contributed by atoms with Gasteiger partial charge in [-0.3, -0.25) is 9.13 Å². The van der Waals surface area contributed by atoms with E-state index in [1.54, 1.807) is 0 Å². The second-order valence-corrected chi connectivity index (χ2v) is 20.1. The molecule has 0 aliphatic carbocycles. The molecule has 0 spiro atoms. The standard InChI is InChI=1S/C50H52N10/c1-47(2,3)29-13-17-37-33(21-29)34-22-30(48(4,5)6)14-18-38(34)59(37)45-41(43-53-25-51-26-54-43)58-46(42(57-45)44-55-27-52-28-56-44)60-39-19-15-31(49(7,8)9)23-35(39)36-24-32(50(10,11)12)16-20-40(36)60/h13-28H,1-12H3. The molecule has 302 valence electrons. The lowest BCUT2D eigenvalue weighted by Crippen LogP contribution is -2.13. The zero-order chi connectivity index (χ0) is 42.5. The minimum absolute atomic E-state index is 0.0583. The average molecular weight is 793 g/mol. The second-order valence-electron chi connectivity index (χ2n) is 20.1. The van der Waals surface area contributed by atoms with Gasteiger partial charge in [0.25, 0.3) is 0 Å². The van der Waals surface area contributed by atoms with Gasteiger partial charge in [0, 0.05) is 21.5 Å². The molecule has 0 fully saturated rings. The molecule has 60 heavy (non-hydrogen) atoms. The minimum atomic E-state index is -0.0583. The monoisotopic (exact) mass is 792 g/mol. The van der Waals surface area contributed by atoms with Crippen LogP contribution in [0.15, 0.2) is 98.1 Å². The van der Waals surface area contributed by atoms with Crippen molar-refractivity contribution in [2.24, 2.45) is 0 Å². The molecule has 0 aliphatic heterocycles. The summed E-state index contributed by atoms with van der Waals surface area (Å²) in [5, 5.41) is 4.52. The van der Waals surface area contributed by atoms with Crippen LogP contribution in [0.25, 0.3) is 78.3 Å². The largest absolute Gasteiger partial charge is 0.292 e. The van der Waals surface area contributed by atoms with Crippen molar-refractivity contribution in [1.29, 1.82) is 0 Å². The minimum Gasteiger partial charge on any atom is -0.292 e. The molecule has 0 bridgehead atoms. The molecular formula is C50H52N10. The Bertz CT molecular complexity index is 2760. The van der Waals surface area contributed by atoms with E-state index in [9.17, 15) is 0 Å². The maximum Gasteiger partial charge on any atom is 0.185 e. The Balaban J connectivity index is 1.45. The van der Waals surface area contributed by atoms with E-state index in [-0.39, 0.29) is 21.7 Å². The first-order chi connectivity index (χ1) is 28.3. The van der Waals surface area contributed by atoms with Crippen molar-refractivity contribution in [1.82, 2.24) is 49.0 Å². The predicted molar refractivity (Wildman–Crippen MR) is 243 cm³/mol. The van der Waals surface area contributed by atoms with Gasteiger partial charge in [-0.1, -0.05) is 107 Å². The molecule has 10 heteroatoms. The highest BCUT2D eigenvalue weighted by Gasteiger charge is 2.29. The van der Waals surface area contributed by atoms with Crippen LogP contribution in [0.4, 0.5) is 0 Å². The third-order valence-electron chi connectivity index (χ3n) is 11.7. The number of hydrogen-bond donors (Lipinski definition) is 0. The lowest BCUT2D eigenvalue weighted by Gasteiger charge is -2.20. The highest BCUT2D eigenvalue weighted by molar-refractivity contribution is 6.11. The van der Waals surface area contributed by atoms with Crippen molar-refractivity contribution < 1.29 is 0 Å². The van der Waals surface area contributed by atoms with Crippen molar-refractivity contribution in [3.8, 4) is 34.7 Å². The summed E-state index contributed by atoms with van der Waals surface area (Å²) in [5.41, 5.74) is 9.70. The van der Waals surface area contributed by atoms with Crippen LogP contribution in [0.1, 0.15) is 105 Å². The quantitative estimate of drug-likeness (QED) is 0.173. The Morgan fingerprint density at radius 1 is 0.350 bits per heavy atom. The molecule has 0 radical (unpaired) electrons. The highest BCUT2D eigenvalue weighted by Crippen LogP contribution is 2.42. The van der Waals surface area contributed by atoms with Gasteiger partial charge in [-0.2, -0.15) is 0 Å². The van der Waals surface area contributed by atoms with Gasteiger partial charge in [-0.15, -0.1) is 0 Å². The summed E-state index contributed by atoms with van der Waals surface area (Å²) in [6.07, 6.45) is 6.03. The Morgan fingerprint density at radius 2 is 0.600 bits per heavy atom. The molecule has 0 aliphatic rings. The Morgan fingerprint density at radius 3 is 0.833 bits per heavy atom. The summed E-state index contributed by atoms with van der Waals surface area (Å²) in [4.78, 5) is 38.5. The normalized spacial score (nSPS) is 13.0. The number of fused-ring (bicyclic) bond motifs is 6. The van der Waals surface area contributed by atoms with Gasteiger partial charge in [0.15, 0.2) is 34.7 Å². The van der Waals surface area contributed by atoms with E-state index in [4.69, 9.17) is 29.9 Å². The van der Waals surface area contributed by atoms with Crippen molar-refractivity contribution in [3.05, 3.63) is 120 Å². The maximum absolute atomic E-state index is 5.61. The van der Waals surface area contributed by atoms with Crippen LogP contribution in [-0.4, -0.2) is 49.0 Å². The van der Waals surface area contributed by atoms with Crippen molar-refractivity contribution in [3.63, 3.8) is 0 Å². The highest BCUT2D eigenvalue weighted by atomic mass is 15.2. The van der Waals surface area contributed by atoms with Crippen LogP contribution in [0, 0.1) is 0 Å². The Kier molecular flexibility index (Phi) is 8.83. The lowest BCUT2D eigenvalue weighted by atomic mass is 9.85. The summed E-state index contributed by atoms with van der Waals surface area (Å²) < 4.78 is 4.39. The van der Waals surface area contributed by atoms with Gasteiger partial charge in [0.05, 0.1) is 22.1 Å². The fourth-order valence-corrected chi connectivity index (χ4v) is 8.12. The number of nitrogens with zero attached hydrogens (tertiary/aromatic N) is 10. The molecule has 0 unspecified atom stereocenters. The van der Waals surface area contributed by atoms with E-state index >= 15 is 0 Å².